The van der Waals surface area contributed by atoms with Crippen molar-refractivity contribution in [1.29, 1.82) is 0 Å². The Morgan fingerprint density at radius 2 is 1.18 bits per heavy atom. The molecule has 0 atom stereocenters. The van der Waals surface area contributed by atoms with Crippen LogP contribution in [0.1, 0.15) is 32.1 Å². The number of hydrogen-bond donors (Lipinski definition) is 0. The minimum Gasteiger partial charge on any atom is -0.458 e. The number of cyclic esters (lactones) is 1. The lowest BCUT2D eigenvalue weighted by molar-refractivity contribution is -0.157. The highest BCUT2D eigenvalue weighted by Crippen LogP contribution is 2.49. The van der Waals surface area contributed by atoms with E-state index in [-0.39, 0.29) is 6.42 Å². The Bertz CT molecular complexity index is 512. The van der Waals surface area contributed by atoms with Gasteiger partial charge in [-0.3, -0.25) is 24.0 Å². The summed E-state index contributed by atoms with van der Waals surface area (Å²) < 4.78 is 5.12. The summed E-state index contributed by atoms with van der Waals surface area (Å²) in [4.78, 5) is 57.0. The van der Waals surface area contributed by atoms with Crippen LogP contribution in [0.15, 0.2) is 0 Å². The Morgan fingerprint density at radius 1 is 0.818 bits per heavy atom. The van der Waals surface area contributed by atoms with Gasteiger partial charge in [-0.1, -0.05) is 0 Å². The third-order valence-corrected chi connectivity index (χ3v) is 3.81. The summed E-state index contributed by atoms with van der Waals surface area (Å²) in [5.74, 6) is -0.952. The maximum atomic E-state index is 12.2. The zero-order valence-corrected chi connectivity index (χ0v) is 14.0. The molecule has 1 aliphatic rings. The third-order valence-electron chi connectivity index (χ3n) is 3.28. The van der Waals surface area contributed by atoms with Gasteiger partial charge < -0.3 is 4.74 Å². The second-order valence-electron chi connectivity index (χ2n) is 5.16. The van der Waals surface area contributed by atoms with Gasteiger partial charge in [0.15, 0.2) is 0 Å². The fourth-order valence-electron chi connectivity index (χ4n) is 2.66. The molecule has 0 N–H and O–H groups in total. The van der Waals surface area contributed by atoms with E-state index in [9.17, 15) is 24.0 Å². The number of esters is 1. The summed E-state index contributed by atoms with van der Waals surface area (Å²) in [6.07, 6.45) is -2.34. The summed E-state index contributed by atoms with van der Waals surface area (Å²) in [5.41, 5.74) is -3.26. The number of carbonyl (C=O) groups excluding carboxylic acids is 5. The first-order chi connectivity index (χ1) is 10.0. The van der Waals surface area contributed by atoms with Crippen molar-refractivity contribution >= 4 is 73.3 Å². The molecule has 1 fully saturated rings. The molecule has 1 rings (SSSR count). The van der Waals surface area contributed by atoms with E-state index in [4.69, 9.17) is 51.1 Å². The molecule has 10 heteroatoms. The Labute approximate surface area is 145 Å². The summed E-state index contributed by atoms with van der Waals surface area (Å²) in [7, 11) is 0. The van der Waals surface area contributed by atoms with E-state index in [0.717, 1.165) is 0 Å². The van der Waals surface area contributed by atoms with Crippen LogP contribution in [0.3, 0.4) is 0 Å². The highest BCUT2D eigenvalue weighted by Gasteiger charge is 2.59. The van der Waals surface area contributed by atoms with Gasteiger partial charge >= 0.3 is 5.97 Å². The highest BCUT2D eigenvalue weighted by atomic mass is 35.5. The van der Waals surface area contributed by atoms with Gasteiger partial charge in [-0.05, 0) is 46.4 Å². The molecule has 0 amide bonds. The maximum absolute atomic E-state index is 12.2. The predicted octanol–water partition coefficient (Wildman–Crippen LogP) is 2.28. The lowest BCUT2D eigenvalue weighted by Crippen LogP contribution is -2.34. The average molecular weight is 392 g/mol. The summed E-state index contributed by atoms with van der Waals surface area (Å²) in [5, 5.41) is -3.51. The molecular weight excluding hydrogens is 382 g/mol. The van der Waals surface area contributed by atoms with Crippen molar-refractivity contribution in [2.75, 3.05) is 0 Å². The van der Waals surface area contributed by atoms with Gasteiger partial charge in [0.1, 0.15) is 5.60 Å². The first-order valence-electron chi connectivity index (χ1n) is 5.97. The van der Waals surface area contributed by atoms with Crippen LogP contribution in [-0.2, 0) is 28.7 Å². The second kappa shape index (κ2) is 7.25. The number of rotatable bonds is 8. The van der Waals surface area contributed by atoms with E-state index in [0.29, 0.717) is 0 Å². The van der Waals surface area contributed by atoms with Crippen molar-refractivity contribution in [1.82, 2.24) is 0 Å². The molecule has 0 aliphatic carbocycles. The molecule has 0 saturated carbocycles. The largest absolute Gasteiger partial charge is 0.458 e. The molecular formula is C12H10Cl4O6. The number of halogens is 4. The molecule has 0 aromatic rings. The average Bonchev–Trinajstić information content (AvgIpc) is 2.45. The van der Waals surface area contributed by atoms with E-state index in [1.165, 1.54) is 0 Å². The zero-order chi connectivity index (χ0) is 17.1. The molecule has 0 spiro atoms. The maximum Gasteiger partial charge on any atom is 0.313 e. The molecule has 0 unspecified atom stereocenters. The molecule has 0 aromatic heterocycles. The number of hydrogen-bond acceptors (Lipinski definition) is 6. The number of ether oxygens (including phenoxy) is 1. The van der Waals surface area contributed by atoms with Gasteiger partial charge in [-0.25, -0.2) is 0 Å². The monoisotopic (exact) mass is 390 g/mol. The highest BCUT2D eigenvalue weighted by molar-refractivity contribution is 6.65. The van der Waals surface area contributed by atoms with Crippen LogP contribution in [0, 0.1) is 5.41 Å². The molecule has 0 aromatic carbocycles. The van der Waals surface area contributed by atoms with E-state index in [1.807, 2.05) is 0 Å². The minimum atomic E-state index is -1.64. The van der Waals surface area contributed by atoms with E-state index in [2.05, 4.69) is 0 Å². The summed E-state index contributed by atoms with van der Waals surface area (Å²) in [6, 6.07) is 0. The zero-order valence-electron chi connectivity index (χ0n) is 11.0. The predicted molar refractivity (Wildman–Crippen MR) is 77.8 cm³/mol. The lowest BCUT2D eigenvalue weighted by atomic mass is 9.74. The Hall–Kier alpha value is -0.690. The van der Waals surface area contributed by atoms with Crippen LogP contribution in [0.5, 0.6) is 0 Å². The molecule has 122 valence electrons. The van der Waals surface area contributed by atoms with Crippen LogP contribution in [0.4, 0.5) is 0 Å². The fourth-order valence-corrected chi connectivity index (χ4v) is 3.66. The number of carbonyl (C=O) groups is 5. The molecule has 22 heavy (non-hydrogen) atoms. The third kappa shape index (κ3) is 4.91. The first kappa shape index (κ1) is 19.4. The SMILES string of the molecule is O=C(Cl)CC1(CC(=O)Cl)CC(CC(=O)Cl)(CC(=O)Cl)C(=O)O1. The molecule has 0 radical (unpaired) electrons. The van der Waals surface area contributed by atoms with Gasteiger partial charge in [0.25, 0.3) is 0 Å². The molecule has 0 bridgehead atoms. The van der Waals surface area contributed by atoms with Crippen LogP contribution in [-0.4, -0.2) is 32.5 Å². The van der Waals surface area contributed by atoms with Gasteiger partial charge in [0.2, 0.25) is 21.0 Å². The van der Waals surface area contributed by atoms with Crippen LogP contribution in [0.2, 0.25) is 0 Å². The van der Waals surface area contributed by atoms with E-state index in [1.54, 1.807) is 0 Å². The van der Waals surface area contributed by atoms with E-state index < -0.39 is 63.6 Å². The molecule has 1 aliphatic heterocycles. The second-order valence-corrected chi connectivity index (χ2v) is 6.84. The van der Waals surface area contributed by atoms with Crippen LogP contribution >= 0.6 is 46.4 Å². The van der Waals surface area contributed by atoms with Crippen molar-refractivity contribution in [3.8, 4) is 0 Å². The van der Waals surface area contributed by atoms with Crippen LogP contribution < -0.4 is 0 Å². The summed E-state index contributed by atoms with van der Waals surface area (Å²) >= 11 is 21.3. The lowest BCUT2D eigenvalue weighted by Gasteiger charge is -2.26. The van der Waals surface area contributed by atoms with Crippen molar-refractivity contribution in [2.24, 2.45) is 5.41 Å². The first-order valence-corrected chi connectivity index (χ1v) is 7.48. The van der Waals surface area contributed by atoms with Gasteiger partial charge in [0, 0.05) is 19.3 Å². The summed E-state index contributed by atoms with van der Waals surface area (Å²) in [6.45, 7) is 0. The molecule has 1 heterocycles. The Balaban J connectivity index is 3.22. The van der Waals surface area contributed by atoms with Gasteiger partial charge in [0.05, 0.1) is 18.3 Å². The topological polar surface area (TPSA) is 94.6 Å². The fraction of sp³-hybridized carbons (Fsp3) is 0.583. The minimum absolute atomic E-state index is 0.299. The Morgan fingerprint density at radius 3 is 1.50 bits per heavy atom. The quantitative estimate of drug-likeness (QED) is 0.465. The molecule has 1 saturated heterocycles. The van der Waals surface area contributed by atoms with Gasteiger partial charge in [-0.15, -0.1) is 0 Å². The van der Waals surface area contributed by atoms with Crippen LogP contribution in [0.25, 0.3) is 0 Å². The van der Waals surface area contributed by atoms with Gasteiger partial charge in [-0.2, -0.15) is 0 Å². The van der Waals surface area contributed by atoms with Crippen molar-refractivity contribution < 1.29 is 28.7 Å². The van der Waals surface area contributed by atoms with Crippen molar-refractivity contribution in [2.45, 2.75) is 37.7 Å². The van der Waals surface area contributed by atoms with E-state index >= 15 is 0 Å². The van der Waals surface area contributed by atoms with Crippen molar-refractivity contribution in [3.05, 3.63) is 0 Å². The normalized spacial score (nSPS) is 18.6. The van der Waals surface area contributed by atoms with Crippen molar-refractivity contribution in [3.63, 3.8) is 0 Å². The Kier molecular flexibility index (Phi) is 6.38. The standard InChI is InChI=1S/C12H10Cl4O6/c13-6(17)1-11(2-7(14)18)5-12(3-8(15)19,4-9(16)20)22-10(11)21/h1-5H2. The smallest absolute Gasteiger partial charge is 0.313 e. The molecule has 6 nitrogen and oxygen atoms in total.